The van der Waals surface area contributed by atoms with Gasteiger partial charge in [-0.3, -0.25) is 0 Å². The molecule has 1 fully saturated rings. The van der Waals surface area contributed by atoms with E-state index in [2.05, 4.69) is 11.1 Å². The fourth-order valence-corrected chi connectivity index (χ4v) is 4.96. The summed E-state index contributed by atoms with van der Waals surface area (Å²) in [6.45, 7) is 2.16. The van der Waals surface area contributed by atoms with E-state index in [1.54, 1.807) is 0 Å². The zero-order valence-corrected chi connectivity index (χ0v) is 15.3. The van der Waals surface area contributed by atoms with E-state index in [1.807, 2.05) is 0 Å². The summed E-state index contributed by atoms with van der Waals surface area (Å²) >= 11 is 0. The van der Waals surface area contributed by atoms with Crippen molar-refractivity contribution in [2.75, 3.05) is 0 Å². The number of alkyl halides is 3. The van der Waals surface area contributed by atoms with Crippen LogP contribution in [0.1, 0.15) is 62.5 Å². The molecule has 8 heteroatoms. The van der Waals surface area contributed by atoms with Crippen molar-refractivity contribution in [2.45, 2.75) is 63.3 Å². The summed E-state index contributed by atoms with van der Waals surface area (Å²) in [6.07, 6.45) is 6.90. The van der Waals surface area contributed by atoms with Crippen LogP contribution in [0.4, 0.5) is 17.6 Å². The molecule has 0 aliphatic heterocycles. The molecule has 146 valence electrons. The maximum Gasteiger partial charge on any atom is 0.534 e. The molecule has 3 rings (SSSR count). The van der Waals surface area contributed by atoms with Crippen LogP contribution in [0.5, 0.6) is 5.75 Å². The van der Waals surface area contributed by atoms with E-state index in [0.29, 0.717) is 23.8 Å². The van der Waals surface area contributed by atoms with E-state index < -0.39 is 27.2 Å². The summed E-state index contributed by atoms with van der Waals surface area (Å²) in [5, 5.41) is 0. The van der Waals surface area contributed by atoms with Gasteiger partial charge in [0.05, 0.1) is 0 Å². The van der Waals surface area contributed by atoms with Crippen LogP contribution >= 0.6 is 0 Å². The molecule has 0 amide bonds. The predicted molar refractivity (Wildman–Crippen MR) is 88.8 cm³/mol. The Bertz CT molecular complexity index is 773. The van der Waals surface area contributed by atoms with Crippen LogP contribution in [0.25, 0.3) is 0 Å². The normalized spacial score (nSPS) is 26.1. The summed E-state index contributed by atoms with van der Waals surface area (Å²) in [4.78, 5) is 0. The summed E-state index contributed by atoms with van der Waals surface area (Å²) in [5.74, 6) is -0.605. The van der Waals surface area contributed by atoms with Gasteiger partial charge in [-0.2, -0.15) is 21.6 Å². The van der Waals surface area contributed by atoms with Crippen molar-refractivity contribution in [1.29, 1.82) is 0 Å². The smallest absolute Gasteiger partial charge is 0.373 e. The number of hydrogen-bond donors (Lipinski definition) is 0. The third kappa shape index (κ3) is 3.70. The van der Waals surface area contributed by atoms with Crippen molar-refractivity contribution >= 4 is 10.1 Å². The van der Waals surface area contributed by atoms with Gasteiger partial charge >= 0.3 is 15.6 Å². The minimum absolute atomic E-state index is 0.189. The van der Waals surface area contributed by atoms with Crippen molar-refractivity contribution in [3.8, 4) is 5.75 Å². The number of hydrogen-bond acceptors (Lipinski definition) is 3. The van der Waals surface area contributed by atoms with Crippen LogP contribution in [0, 0.1) is 17.7 Å². The van der Waals surface area contributed by atoms with Crippen LogP contribution in [-0.2, 0) is 16.5 Å². The molecule has 0 spiro atoms. The van der Waals surface area contributed by atoms with Crippen molar-refractivity contribution in [3.05, 3.63) is 29.1 Å². The van der Waals surface area contributed by atoms with E-state index in [-0.39, 0.29) is 5.92 Å². The third-order valence-electron chi connectivity index (χ3n) is 5.65. The van der Waals surface area contributed by atoms with Crippen molar-refractivity contribution in [1.82, 2.24) is 0 Å². The molecule has 0 aromatic heterocycles. The van der Waals surface area contributed by atoms with E-state index in [0.717, 1.165) is 43.7 Å². The van der Waals surface area contributed by atoms with Gasteiger partial charge in [0, 0.05) is 0 Å². The number of aryl methyl sites for hydroxylation is 1. The predicted octanol–water partition coefficient (Wildman–Crippen LogP) is 5.30. The molecule has 3 atom stereocenters. The molecule has 0 saturated heterocycles. The zero-order valence-electron chi connectivity index (χ0n) is 14.5. The molecule has 0 N–H and O–H groups in total. The summed E-state index contributed by atoms with van der Waals surface area (Å²) < 4.78 is 78.0. The van der Waals surface area contributed by atoms with Crippen LogP contribution in [0.3, 0.4) is 0 Å². The van der Waals surface area contributed by atoms with Gasteiger partial charge in [0.25, 0.3) is 0 Å². The fraction of sp³-hybridized carbons (Fsp3) is 0.667. The van der Waals surface area contributed by atoms with Gasteiger partial charge in [-0.1, -0.05) is 19.8 Å². The maximum absolute atomic E-state index is 14.3. The lowest BCUT2D eigenvalue weighted by molar-refractivity contribution is -0.0500. The van der Waals surface area contributed by atoms with Crippen molar-refractivity contribution in [2.24, 2.45) is 11.8 Å². The maximum atomic E-state index is 14.3. The van der Waals surface area contributed by atoms with Crippen LogP contribution in [0.2, 0.25) is 0 Å². The number of rotatable bonds is 4. The molecular weight excluding hydrogens is 372 g/mol. The molecule has 1 aromatic carbocycles. The highest BCUT2D eigenvalue weighted by Crippen LogP contribution is 2.48. The van der Waals surface area contributed by atoms with Crippen LogP contribution in [-0.4, -0.2) is 13.9 Å². The van der Waals surface area contributed by atoms with Crippen LogP contribution < -0.4 is 4.18 Å². The Balaban J connectivity index is 1.85. The number of halogens is 4. The Kier molecular flexibility index (Phi) is 5.25. The summed E-state index contributed by atoms with van der Waals surface area (Å²) in [6, 6.07) is 2.30. The molecule has 2 aliphatic carbocycles. The van der Waals surface area contributed by atoms with Gasteiger partial charge < -0.3 is 4.18 Å². The fourth-order valence-electron chi connectivity index (χ4n) is 4.50. The molecule has 3 nitrogen and oxygen atoms in total. The first-order valence-electron chi connectivity index (χ1n) is 8.95. The second-order valence-electron chi connectivity index (χ2n) is 7.34. The molecule has 1 aromatic rings. The third-order valence-corrected chi connectivity index (χ3v) is 6.61. The van der Waals surface area contributed by atoms with Crippen LogP contribution in [0.15, 0.2) is 12.1 Å². The quantitative estimate of drug-likeness (QED) is 0.395. The molecular formula is C18H22F4O3S. The average Bonchev–Trinajstić information content (AvgIpc) is 2.54. The highest BCUT2D eigenvalue weighted by molar-refractivity contribution is 7.88. The Morgan fingerprint density at radius 3 is 2.58 bits per heavy atom. The minimum atomic E-state index is -5.88. The Morgan fingerprint density at radius 2 is 1.92 bits per heavy atom. The largest absolute Gasteiger partial charge is 0.534 e. The SMILES string of the molecule is CCCC1CCC2c3cc(F)c(OS(=O)(=O)C(F)(F)F)cc3CCC2C1. The second kappa shape index (κ2) is 7.02. The Hall–Kier alpha value is -1.31. The first kappa shape index (κ1) is 19.5. The first-order valence-corrected chi connectivity index (χ1v) is 10.4. The summed E-state index contributed by atoms with van der Waals surface area (Å²) in [5.41, 5.74) is -4.10. The molecule has 2 aliphatic rings. The Morgan fingerprint density at radius 1 is 1.19 bits per heavy atom. The standard InChI is InChI=1S/C18H22F4O3S/c1-2-3-11-4-7-14-12(8-11)5-6-13-9-17(16(19)10-15(13)14)25-26(23,24)18(20,21)22/h9-12,14H,2-8H2,1H3. The first-order chi connectivity index (χ1) is 12.1. The Labute approximate surface area is 150 Å². The molecule has 3 unspecified atom stereocenters. The lowest BCUT2D eigenvalue weighted by Gasteiger charge is -2.40. The molecule has 0 bridgehead atoms. The second-order valence-corrected chi connectivity index (χ2v) is 8.88. The van der Waals surface area contributed by atoms with Gasteiger partial charge in [0.1, 0.15) is 0 Å². The minimum Gasteiger partial charge on any atom is -0.373 e. The summed E-state index contributed by atoms with van der Waals surface area (Å²) in [7, 11) is -5.88. The van der Waals surface area contributed by atoms with E-state index >= 15 is 0 Å². The highest BCUT2D eigenvalue weighted by atomic mass is 32.2. The van der Waals surface area contributed by atoms with E-state index in [1.165, 1.54) is 12.5 Å². The molecule has 1 saturated carbocycles. The monoisotopic (exact) mass is 394 g/mol. The highest BCUT2D eigenvalue weighted by Gasteiger charge is 2.49. The number of benzene rings is 1. The topological polar surface area (TPSA) is 43.4 Å². The van der Waals surface area contributed by atoms with Gasteiger partial charge in [0.15, 0.2) is 11.6 Å². The lowest BCUT2D eigenvalue weighted by atomic mass is 9.64. The average molecular weight is 394 g/mol. The van der Waals surface area contributed by atoms with Gasteiger partial charge in [-0.15, -0.1) is 0 Å². The molecule has 26 heavy (non-hydrogen) atoms. The van der Waals surface area contributed by atoms with Gasteiger partial charge in [-0.25, -0.2) is 4.39 Å². The van der Waals surface area contributed by atoms with Gasteiger partial charge in [-0.05, 0) is 73.1 Å². The lowest BCUT2D eigenvalue weighted by Crippen LogP contribution is -2.30. The van der Waals surface area contributed by atoms with E-state index in [4.69, 9.17) is 0 Å². The van der Waals surface area contributed by atoms with Crippen molar-refractivity contribution < 1.29 is 30.2 Å². The number of fused-ring (bicyclic) bond motifs is 3. The van der Waals surface area contributed by atoms with Gasteiger partial charge in [0.2, 0.25) is 0 Å². The zero-order chi connectivity index (χ0) is 19.1. The molecule has 0 radical (unpaired) electrons. The molecule has 0 heterocycles. The van der Waals surface area contributed by atoms with E-state index in [9.17, 15) is 26.0 Å². The van der Waals surface area contributed by atoms with Crippen molar-refractivity contribution in [3.63, 3.8) is 0 Å².